The lowest BCUT2D eigenvalue weighted by atomic mass is 10.2. The van der Waals surface area contributed by atoms with Crippen molar-refractivity contribution in [2.45, 2.75) is 32.5 Å². The Morgan fingerprint density at radius 1 is 1.50 bits per heavy atom. The fraction of sp³-hybridized carbons (Fsp3) is 0.625. The van der Waals surface area contributed by atoms with Gasteiger partial charge in [0.05, 0.1) is 12.2 Å². The van der Waals surface area contributed by atoms with Crippen LogP contribution in [0.15, 0.2) is 6.20 Å². The number of alkyl halides is 3. The minimum atomic E-state index is -4.67. The lowest BCUT2D eigenvalue weighted by Gasteiger charge is -2.10. The number of halogens is 4. The van der Waals surface area contributed by atoms with E-state index in [0.717, 1.165) is 4.68 Å². The predicted octanol–water partition coefficient (Wildman–Crippen LogP) is 3.01. The van der Waals surface area contributed by atoms with E-state index >= 15 is 0 Å². The van der Waals surface area contributed by atoms with Crippen LogP contribution in [0, 0.1) is 5.95 Å². The first kappa shape index (κ1) is 11.0. The molecule has 14 heavy (non-hydrogen) atoms. The van der Waals surface area contributed by atoms with Crippen LogP contribution in [0.4, 0.5) is 17.6 Å². The highest BCUT2D eigenvalue weighted by Crippen LogP contribution is 2.31. The van der Waals surface area contributed by atoms with Crippen LogP contribution in [0.1, 0.15) is 31.9 Å². The molecule has 0 radical (unpaired) electrons. The van der Waals surface area contributed by atoms with Gasteiger partial charge in [0.25, 0.3) is 0 Å². The molecule has 2 nitrogen and oxygen atoms in total. The van der Waals surface area contributed by atoms with E-state index in [9.17, 15) is 17.6 Å². The molecule has 0 amide bonds. The van der Waals surface area contributed by atoms with E-state index in [2.05, 4.69) is 5.10 Å². The summed E-state index contributed by atoms with van der Waals surface area (Å²) >= 11 is 0. The van der Waals surface area contributed by atoms with Gasteiger partial charge in [0.15, 0.2) is 0 Å². The van der Waals surface area contributed by atoms with Crippen molar-refractivity contribution in [2.75, 3.05) is 0 Å². The second-order valence-electron chi connectivity index (χ2n) is 3.05. The van der Waals surface area contributed by atoms with E-state index in [4.69, 9.17) is 0 Å². The summed E-state index contributed by atoms with van der Waals surface area (Å²) in [6.07, 6.45) is -3.63. The highest BCUT2D eigenvalue weighted by molar-refractivity contribution is 5.11. The normalized spacial score (nSPS) is 14.4. The van der Waals surface area contributed by atoms with Gasteiger partial charge in [-0.1, -0.05) is 6.92 Å². The summed E-state index contributed by atoms with van der Waals surface area (Å²) in [6, 6.07) is -0.369. The molecule has 0 bridgehead atoms. The Kier molecular flexibility index (Phi) is 2.82. The Labute approximate surface area is 78.5 Å². The largest absolute Gasteiger partial charge is 0.422 e. The van der Waals surface area contributed by atoms with Crippen molar-refractivity contribution >= 4 is 0 Å². The van der Waals surface area contributed by atoms with Gasteiger partial charge in [-0.05, 0) is 13.3 Å². The van der Waals surface area contributed by atoms with Gasteiger partial charge in [0, 0.05) is 0 Å². The van der Waals surface area contributed by atoms with Crippen LogP contribution >= 0.6 is 0 Å². The lowest BCUT2D eigenvalue weighted by molar-refractivity contribution is -0.140. The molecular weight excluding hydrogens is 200 g/mol. The molecule has 0 saturated heterocycles. The van der Waals surface area contributed by atoms with Gasteiger partial charge in [-0.2, -0.15) is 22.7 Å². The van der Waals surface area contributed by atoms with Gasteiger partial charge >= 0.3 is 6.18 Å². The zero-order chi connectivity index (χ0) is 10.9. The van der Waals surface area contributed by atoms with Gasteiger partial charge in [-0.25, -0.2) is 4.68 Å². The lowest BCUT2D eigenvalue weighted by Crippen LogP contribution is -2.12. The molecule has 1 aromatic heterocycles. The maximum atomic E-state index is 13.1. The summed E-state index contributed by atoms with van der Waals surface area (Å²) < 4.78 is 50.3. The molecule has 0 aliphatic heterocycles. The topological polar surface area (TPSA) is 17.8 Å². The smallest absolute Gasteiger partial charge is 0.236 e. The van der Waals surface area contributed by atoms with Crippen LogP contribution in [0.3, 0.4) is 0 Å². The zero-order valence-electron chi connectivity index (χ0n) is 7.77. The summed E-state index contributed by atoms with van der Waals surface area (Å²) in [5.41, 5.74) is -1.31. The minimum Gasteiger partial charge on any atom is -0.236 e. The molecule has 0 fully saturated rings. The zero-order valence-corrected chi connectivity index (χ0v) is 7.77. The Morgan fingerprint density at radius 2 is 2.07 bits per heavy atom. The molecule has 6 heteroatoms. The SMILES string of the molecule is CCC(C)n1ncc(C(F)(F)F)c1F. The number of nitrogens with zero attached hydrogens (tertiary/aromatic N) is 2. The average molecular weight is 210 g/mol. The minimum absolute atomic E-state index is 0.369. The van der Waals surface area contributed by atoms with E-state index in [1.165, 1.54) is 0 Å². The van der Waals surface area contributed by atoms with Crippen molar-refractivity contribution in [3.8, 4) is 0 Å². The molecule has 1 atom stereocenters. The first-order valence-corrected chi connectivity index (χ1v) is 4.18. The first-order chi connectivity index (χ1) is 6.38. The Bertz CT molecular complexity index is 316. The molecule has 80 valence electrons. The summed E-state index contributed by atoms with van der Waals surface area (Å²) in [4.78, 5) is 0. The van der Waals surface area contributed by atoms with Gasteiger partial charge in [-0.15, -0.1) is 0 Å². The molecule has 0 aliphatic carbocycles. The monoisotopic (exact) mass is 210 g/mol. The van der Waals surface area contributed by atoms with Crippen molar-refractivity contribution in [3.63, 3.8) is 0 Å². The predicted molar refractivity (Wildman–Crippen MR) is 42.2 cm³/mol. The maximum absolute atomic E-state index is 13.1. The number of aromatic nitrogens is 2. The van der Waals surface area contributed by atoms with Crippen LogP contribution in [0.25, 0.3) is 0 Å². The van der Waals surface area contributed by atoms with E-state index in [1.54, 1.807) is 13.8 Å². The number of hydrogen-bond acceptors (Lipinski definition) is 1. The Hall–Kier alpha value is -1.07. The third kappa shape index (κ3) is 1.88. The summed E-state index contributed by atoms with van der Waals surface area (Å²) in [7, 11) is 0. The highest BCUT2D eigenvalue weighted by Gasteiger charge is 2.37. The van der Waals surface area contributed by atoms with E-state index < -0.39 is 17.7 Å². The van der Waals surface area contributed by atoms with Gasteiger partial charge < -0.3 is 0 Å². The number of rotatable bonds is 2. The van der Waals surface area contributed by atoms with Crippen molar-refractivity contribution < 1.29 is 17.6 Å². The Morgan fingerprint density at radius 3 is 2.43 bits per heavy atom. The molecule has 0 aromatic carbocycles. The Balaban J connectivity index is 3.09. The standard InChI is InChI=1S/C8H10F4N2/c1-3-5(2)14-7(9)6(4-13-14)8(10,11)12/h4-5H,3H2,1-2H3. The van der Waals surface area contributed by atoms with Crippen molar-refractivity contribution in [1.82, 2.24) is 9.78 Å². The van der Waals surface area contributed by atoms with Crippen LogP contribution < -0.4 is 0 Å². The molecule has 1 heterocycles. The molecule has 0 aliphatic rings. The average Bonchev–Trinajstić information content (AvgIpc) is 2.45. The number of hydrogen-bond donors (Lipinski definition) is 0. The molecular formula is C8H10F4N2. The molecule has 1 aromatic rings. The van der Waals surface area contributed by atoms with E-state index in [0.29, 0.717) is 12.6 Å². The van der Waals surface area contributed by atoms with Crippen LogP contribution in [-0.2, 0) is 6.18 Å². The summed E-state index contributed by atoms with van der Waals surface area (Å²) in [6.45, 7) is 3.36. The molecule has 0 spiro atoms. The van der Waals surface area contributed by atoms with Crippen molar-refractivity contribution in [3.05, 3.63) is 17.7 Å². The maximum Gasteiger partial charge on any atom is 0.422 e. The second kappa shape index (κ2) is 3.59. The molecule has 1 unspecified atom stereocenters. The quantitative estimate of drug-likeness (QED) is 0.686. The second-order valence-corrected chi connectivity index (χ2v) is 3.05. The summed E-state index contributed by atoms with van der Waals surface area (Å²) in [5, 5.41) is 3.37. The first-order valence-electron chi connectivity index (χ1n) is 4.18. The van der Waals surface area contributed by atoms with Gasteiger partial charge in [-0.3, -0.25) is 0 Å². The van der Waals surface area contributed by atoms with Crippen LogP contribution in [0.5, 0.6) is 0 Å². The van der Waals surface area contributed by atoms with E-state index in [-0.39, 0.29) is 6.04 Å². The molecule has 0 N–H and O–H groups in total. The van der Waals surface area contributed by atoms with Crippen LogP contribution in [0.2, 0.25) is 0 Å². The van der Waals surface area contributed by atoms with E-state index in [1.807, 2.05) is 0 Å². The van der Waals surface area contributed by atoms with Gasteiger partial charge in [0.2, 0.25) is 5.95 Å². The molecule has 1 rings (SSSR count). The van der Waals surface area contributed by atoms with Crippen LogP contribution in [-0.4, -0.2) is 9.78 Å². The third-order valence-electron chi connectivity index (χ3n) is 2.05. The highest BCUT2D eigenvalue weighted by atomic mass is 19.4. The molecule has 0 saturated carbocycles. The van der Waals surface area contributed by atoms with Crippen molar-refractivity contribution in [1.29, 1.82) is 0 Å². The third-order valence-corrected chi connectivity index (χ3v) is 2.05. The van der Waals surface area contributed by atoms with Crippen molar-refractivity contribution in [2.24, 2.45) is 0 Å². The van der Waals surface area contributed by atoms with Gasteiger partial charge in [0.1, 0.15) is 5.56 Å². The summed E-state index contributed by atoms with van der Waals surface area (Å²) in [5.74, 6) is -1.31. The fourth-order valence-corrected chi connectivity index (χ4v) is 1.02. The fourth-order valence-electron chi connectivity index (χ4n) is 1.02.